The van der Waals surface area contributed by atoms with Gasteiger partial charge in [0.15, 0.2) is 12.2 Å². The number of aromatic nitrogens is 4. The van der Waals surface area contributed by atoms with Gasteiger partial charge < -0.3 is 24.9 Å². The molecule has 1 saturated carbocycles. The summed E-state index contributed by atoms with van der Waals surface area (Å²) < 4.78 is 28.3. The van der Waals surface area contributed by atoms with Gasteiger partial charge in [0, 0.05) is 6.20 Å². The summed E-state index contributed by atoms with van der Waals surface area (Å²) in [4.78, 5) is 22.1. The van der Waals surface area contributed by atoms with E-state index in [1.807, 2.05) is 19.1 Å². The zero-order valence-corrected chi connectivity index (χ0v) is 23.6. The largest absolute Gasteiger partial charge is 0.445 e. The number of ether oxygens (including phenoxy) is 1. The molecule has 3 aliphatic rings. The van der Waals surface area contributed by atoms with Crippen LogP contribution in [0.5, 0.6) is 0 Å². The van der Waals surface area contributed by atoms with Crippen molar-refractivity contribution in [3.05, 3.63) is 65.6 Å². The Balaban J connectivity index is 1.32. The van der Waals surface area contributed by atoms with Crippen LogP contribution < -0.4 is 10.6 Å². The third-order valence-corrected chi connectivity index (χ3v) is 8.45. The second-order valence-corrected chi connectivity index (χ2v) is 11.8. The number of nitrogens with zero attached hydrogens (tertiary/aromatic N) is 5. The molecule has 11 nitrogen and oxygen atoms in total. The summed E-state index contributed by atoms with van der Waals surface area (Å²) in [6, 6.07) is 9.30. The molecule has 0 aromatic carbocycles. The van der Waals surface area contributed by atoms with Crippen LogP contribution in [-0.2, 0) is 10.3 Å². The number of carbonyl (C=O) groups excluding carboxylic acids is 1. The lowest BCUT2D eigenvalue weighted by Crippen LogP contribution is -2.57. The smallest absolute Gasteiger partial charge is 0.255 e. The minimum absolute atomic E-state index is 0.241. The van der Waals surface area contributed by atoms with Crippen molar-refractivity contribution in [2.75, 3.05) is 18.5 Å². The van der Waals surface area contributed by atoms with E-state index in [0.29, 0.717) is 29.2 Å². The van der Waals surface area contributed by atoms with E-state index >= 15 is 0 Å². The van der Waals surface area contributed by atoms with Gasteiger partial charge in [-0.05, 0) is 70.7 Å². The molecule has 1 atom stereocenters. The van der Waals surface area contributed by atoms with E-state index in [0.717, 1.165) is 42.7 Å². The number of alkyl halides is 1. The fraction of sp³-hybridized carbons (Fsp3) is 0.433. The standard InChI is InChI=1S/C30H32FN7O4/c1-18-26(41-17-35-18)30-8-6-29(7-9-30,16-42-30)37-22-11-23(24-5-4-20-10-19(12-32)13-36-38(20)24)33-14-21(22)27(39)34-15-25(31)28(2,3)40/h4-5,10-11,13-14,17,25,40H,6-9,15-16H2,1-3H3,(H,33,37)(H,34,39)/t25-,29?,30?/m1/s1. The van der Waals surface area contributed by atoms with Crippen LogP contribution in [0.15, 0.2) is 47.5 Å². The first kappa shape index (κ1) is 27.8. The van der Waals surface area contributed by atoms with Gasteiger partial charge >= 0.3 is 0 Å². The lowest BCUT2D eigenvalue weighted by molar-refractivity contribution is -0.163. The molecule has 6 heterocycles. The fourth-order valence-electron chi connectivity index (χ4n) is 5.84. The Kier molecular flexibility index (Phi) is 6.74. The van der Waals surface area contributed by atoms with Crippen molar-refractivity contribution in [3.8, 4) is 17.5 Å². The predicted octanol–water partition coefficient (Wildman–Crippen LogP) is 4.05. The zero-order chi connectivity index (χ0) is 29.7. The Labute approximate surface area is 241 Å². The lowest BCUT2D eigenvalue weighted by Gasteiger charge is -2.52. The molecule has 2 aliphatic heterocycles. The van der Waals surface area contributed by atoms with Gasteiger partial charge in [-0.15, -0.1) is 0 Å². The highest BCUT2D eigenvalue weighted by molar-refractivity contribution is 6.00. The minimum atomic E-state index is -1.65. The lowest BCUT2D eigenvalue weighted by atomic mass is 9.69. The number of nitriles is 1. The quantitative estimate of drug-likeness (QED) is 0.284. The van der Waals surface area contributed by atoms with Gasteiger partial charge in [0.1, 0.15) is 17.8 Å². The molecule has 0 radical (unpaired) electrons. The van der Waals surface area contributed by atoms with Crippen molar-refractivity contribution in [2.45, 2.75) is 69.4 Å². The summed E-state index contributed by atoms with van der Waals surface area (Å²) in [5, 5.41) is 29.8. The number of aryl methyl sites for hydroxylation is 1. The van der Waals surface area contributed by atoms with Gasteiger partial charge in [0.2, 0.25) is 0 Å². The van der Waals surface area contributed by atoms with E-state index in [9.17, 15) is 19.6 Å². The molecule has 4 aromatic rings. The van der Waals surface area contributed by atoms with E-state index in [2.05, 4.69) is 31.8 Å². The molecule has 218 valence electrons. The van der Waals surface area contributed by atoms with Crippen LogP contribution in [0.3, 0.4) is 0 Å². The molecule has 42 heavy (non-hydrogen) atoms. The number of pyridine rings is 1. The summed E-state index contributed by atoms with van der Waals surface area (Å²) >= 11 is 0. The number of hydrogen-bond acceptors (Lipinski definition) is 9. The monoisotopic (exact) mass is 573 g/mol. The van der Waals surface area contributed by atoms with Crippen LogP contribution in [0.25, 0.3) is 16.9 Å². The first-order chi connectivity index (χ1) is 20.0. The average molecular weight is 574 g/mol. The molecule has 2 bridgehead atoms. The van der Waals surface area contributed by atoms with Gasteiger partial charge in [-0.25, -0.2) is 13.9 Å². The second kappa shape index (κ2) is 10.2. The normalized spacial score (nSPS) is 22.6. The molecule has 0 unspecified atom stereocenters. The molecule has 12 heteroatoms. The summed E-state index contributed by atoms with van der Waals surface area (Å²) in [5.41, 5.74) is 1.43. The maximum Gasteiger partial charge on any atom is 0.255 e. The molecule has 3 fully saturated rings. The van der Waals surface area contributed by atoms with Crippen molar-refractivity contribution in [1.29, 1.82) is 5.26 Å². The predicted molar refractivity (Wildman–Crippen MR) is 150 cm³/mol. The number of hydrogen-bond donors (Lipinski definition) is 3. The third kappa shape index (κ3) is 4.88. The van der Waals surface area contributed by atoms with Crippen LogP contribution in [-0.4, -0.2) is 61.1 Å². The minimum Gasteiger partial charge on any atom is -0.445 e. The third-order valence-electron chi connectivity index (χ3n) is 8.45. The van der Waals surface area contributed by atoms with Gasteiger partial charge in [0.05, 0.1) is 69.9 Å². The average Bonchev–Trinajstić information content (AvgIpc) is 3.62. The maximum atomic E-state index is 14.5. The highest BCUT2D eigenvalue weighted by atomic mass is 19.1. The van der Waals surface area contributed by atoms with Gasteiger partial charge in [0.25, 0.3) is 5.91 Å². The highest BCUT2D eigenvalue weighted by Crippen LogP contribution is 2.51. The van der Waals surface area contributed by atoms with E-state index in [-0.39, 0.29) is 12.1 Å². The number of anilines is 1. The summed E-state index contributed by atoms with van der Waals surface area (Å²) in [6.45, 7) is 4.66. The molecular formula is C30H32FN7O4. The first-order valence-electron chi connectivity index (χ1n) is 13.9. The fourth-order valence-corrected chi connectivity index (χ4v) is 5.84. The summed E-state index contributed by atoms with van der Waals surface area (Å²) in [6.07, 6.45) is 5.71. The topological polar surface area (TPSA) is 151 Å². The highest BCUT2D eigenvalue weighted by Gasteiger charge is 2.53. The van der Waals surface area contributed by atoms with Crippen LogP contribution in [0, 0.1) is 18.3 Å². The number of oxazole rings is 1. The Morgan fingerprint density at radius 1 is 1.24 bits per heavy atom. The molecule has 0 spiro atoms. The van der Waals surface area contributed by atoms with Crippen LogP contribution in [0.4, 0.5) is 10.1 Å². The molecule has 1 amide bonds. The first-order valence-corrected chi connectivity index (χ1v) is 13.9. The second-order valence-electron chi connectivity index (χ2n) is 11.8. The Bertz CT molecular complexity index is 1680. The van der Waals surface area contributed by atoms with Gasteiger partial charge in [-0.3, -0.25) is 9.78 Å². The number of rotatable bonds is 8. The van der Waals surface area contributed by atoms with Crippen molar-refractivity contribution in [3.63, 3.8) is 0 Å². The molecule has 4 aromatic heterocycles. The number of fused-ring (bicyclic) bond motifs is 4. The zero-order valence-electron chi connectivity index (χ0n) is 23.6. The van der Waals surface area contributed by atoms with E-state index in [4.69, 9.17) is 9.15 Å². The van der Waals surface area contributed by atoms with Crippen molar-refractivity contribution < 1.29 is 23.4 Å². The van der Waals surface area contributed by atoms with E-state index in [1.165, 1.54) is 32.6 Å². The Hall–Kier alpha value is -4.34. The Morgan fingerprint density at radius 3 is 2.67 bits per heavy atom. The van der Waals surface area contributed by atoms with Gasteiger partial charge in [-0.2, -0.15) is 10.4 Å². The number of carbonyl (C=O) groups is 1. The van der Waals surface area contributed by atoms with Gasteiger partial charge in [-0.1, -0.05) is 0 Å². The SMILES string of the molecule is Cc1ncoc1C12CCC(Nc3cc(-c4ccc5cc(C#N)cnn45)ncc3C(=O)NC[C@@H](F)C(C)(C)O)(CC1)CO2. The van der Waals surface area contributed by atoms with E-state index in [1.54, 1.807) is 16.6 Å². The summed E-state index contributed by atoms with van der Waals surface area (Å²) in [7, 11) is 0. The van der Waals surface area contributed by atoms with Crippen molar-refractivity contribution in [2.24, 2.45) is 0 Å². The number of amides is 1. The van der Waals surface area contributed by atoms with Crippen molar-refractivity contribution in [1.82, 2.24) is 24.9 Å². The maximum absolute atomic E-state index is 14.5. The van der Waals surface area contributed by atoms with Crippen LogP contribution >= 0.6 is 0 Å². The molecule has 7 rings (SSSR count). The number of halogens is 1. The van der Waals surface area contributed by atoms with Crippen molar-refractivity contribution >= 4 is 17.1 Å². The van der Waals surface area contributed by atoms with Crippen LogP contribution in [0.2, 0.25) is 0 Å². The molecule has 2 saturated heterocycles. The molecule has 1 aliphatic carbocycles. The Morgan fingerprint density at radius 2 is 2.02 bits per heavy atom. The molecule has 3 N–H and O–H groups in total. The number of aliphatic hydroxyl groups is 1. The number of nitrogens with one attached hydrogen (secondary N) is 2. The summed E-state index contributed by atoms with van der Waals surface area (Å²) in [5.74, 6) is 0.248. The van der Waals surface area contributed by atoms with Crippen LogP contribution in [0.1, 0.15) is 66.9 Å². The molecular weight excluding hydrogens is 541 g/mol. The van der Waals surface area contributed by atoms with E-state index < -0.39 is 28.8 Å².